The lowest BCUT2D eigenvalue weighted by molar-refractivity contribution is 0.0697. The minimum absolute atomic E-state index is 0.00564. The Morgan fingerprint density at radius 1 is 1.41 bits per heavy atom. The number of carboxylic acid groups (broad SMARTS) is 1. The highest BCUT2D eigenvalue weighted by molar-refractivity contribution is 8.25. The molecule has 1 fully saturated rings. The van der Waals surface area contributed by atoms with Gasteiger partial charge in [-0.2, -0.15) is 0 Å². The molecule has 1 aromatic rings. The van der Waals surface area contributed by atoms with E-state index in [1.54, 1.807) is 0 Å². The van der Waals surface area contributed by atoms with Crippen LogP contribution in [0.1, 0.15) is 16.8 Å². The number of benzene rings is 1. The highest BCUT2D eigenvalue weighted by atomic mass is 35.5. The van der Waals surface area contributed by atoms with E-state index in [9.17, 15) is 13.9 Å². The number of rotatable bonds is 2. The van der Waals surface area contributed by atoms with Gasteiger partial charge in [-0.1, -0.05) is 11.6 Å². The van der Waals surface area contributed by atoms with Crippen molar-refractivity contribution in [1.29, 1.82) is 0 Å². The van der Waals surface area contributed by atoms with Gasteiger partial charge in [0.05, 0.1) is 22.0 Å². The van der Waals surface area contributed by atoms with Crippen LogP contribution in [-0.4, -0.2) is 32.5 Å². The first-order valence-corrected chi connectivity index (χ1v) is 7.03. The molecule has 1 aromatic carbocycles. The Bertz CT molecular complexity index is 466. The number of carbonyl (C=O) groups is 1. The Morgan fingerprint density at radius 2 is 2.12 bits per heavy atom. The minimum Gasteiger partial charge on any atom is -0.478 e. The average molecular weight is 278 g/mol. The fraction of sp³-hybridized carbons (Fsp3) is 0.300. The van der Waals surface area contributed by atoms with Crippen molar-refractivity contribution in [2.75, 3.05) is 16.6 Å². The molecular weight excluding hydrogens is 266 g/mol. The fourth-order valence-corrected chi connectivity index (χ4v) is 3.65. The highest BCUT2D eigenvalue weighted by Gasteiger charge is 2.29. The number of nitrogens with zero attached hydrogens (tertiary/aromatic N) is 1. The molecule has 0 atom stereocenters. The van der Waals surface area contributed by atoms with E-state index in [1.807, 2.05) is 0 Å². The third kappa shape index (κ3) is 2.35. The van der Waals surface area contributed by atoms with E-state index in [1.165, 1.54) is 22.5 Å². The maximum absolute atomic E-state index is 10.8. The van der Waals surface area contributed by atoms with Crippen LogP contribution in [0.15, 0.2) is 18.2 Å². The SMILES string of the molecule is O=C(O)c1ccc(N2CCCS2(O)O)cc1Cl. The molecule has 17 heavy (non-hydrogen) atoms. The van der Waals surface area contributed by atoms with Crippen LogP contribution in [0.3, 0.4) is 0 Å². The van der Waals surface area contributed by atoms with Gasteiger partial charge < -0.3 is 5.11 Å². The van der Waals surface area contributed by atoms with E-state index in [-0.39, 0.29) is 10.6 Å². The Kier molecular flexibility index (Phi) is 3.22. The van der Waals surface area contributed by atoms with Crippen LogP contribution in [0.5, 0.6) is 0 Å². The summed E-state index contributed by atoms with van der Waals surface area (Å²) in [7, 11) is -2.76. The van der Waals surface area contributed by atoms with Gasteiger partial charge in [-0.25, -0.2) is 4.79 Å². The van der Waals surface area contributed by atoms with Gasteiger partial charge in [0.1, 0.15) is 0 Å². The van der Waals surface area contributed by atoms with E-state index in [0.717, 1.165) is 0 Å². The second-order valence-corrected chi connectivity index (χ2v) is 6.28. The monoisotopic (exact) mass is 277 g/mol. The molecule has 0 aliphatic carbocycles. The third-order valence-corrected chi connectivity index (χ3v) is 4.85. The summed E-state index contributed by atoms with van der Waals surface area (Å²) in [5.74, 6) is -0.764. The van der Waals surface area contributed by atoms with Crippen LogP contribution in [-0.2, 0) is 0 Å². The van der Waals surface area contributed by atoms with Crippen molar-refractivity contribution in [3.63, 3.8) is 0 Å². The average Bonchev–Trinajstić information content (AvgIpc) is 2.57. The second kappa shape index (κ2) is 4.38. The van der Waals surface area contributed by atoms with Crippen LogP contribution in [0, 0.1) is 0 Å². The van der Waals surface area contributed by atoms with Crippen molar-refractivity contribution in [1.82, 2.24) is 0 Å². The zero-order valence-electron chi connectivity index (χ0n) is 8.84. The molecule has 0 radical (unpaired) electrons. The molecule has 1 heterocycles. The first kappa shape index (κ1) is 12.5. The lowest BCUT2D eigenvalue weighted by Gasteiger charge is -2.38. The zero-order valence-corrected chi connectivity index (χ0v) is 10.4. The van der Waals surface area contributed by atoms with Crippen molar-refractivity contribution < 1.29 is 19.0 Å². The number of halogens is 1. The largest absolute Gasteiger partial charge is 0.478 e. The Balaban J connectivity index is 2.35. The third-order valence-electron chi connectivity index (χ3n) is 2.60. The molecule has 0 aromatic heterocycles. The molecular formula is C10H12ClNO4S. The molecule has 0 spiro atoms. The van der Waals surface area contributed by atoms with Crippen molar-refractivity contribution in [3.8, 4) is 0 Å². The quantitative estimate of drug-likeness (QED) is 0.774. The standard InChI is InChI=1S/C10H12ClNO4S/c11-9-6-7(2-3-8(9)10(13)14)12-4-1-5-17(12,15)16/h2-3,6,15-16H,1,4-5H2,(H,13,14). The van der Waals surface area contributed by atoms with Gasteiger partial charge >= 0.3 is 5.97 Å². The van der Waals surface area contributed by atoms with Gasteiger partial charge in [0.25, 0.3) is 0 Å². The zero-order chi connectivity index (χ0) is 12.6. The molecule has 1 saturated heterocycles. The van der Waals surface area contributed by atoms with E-state index in [2.05, 4.69) is 0 Å². The van der Waals surface area contributed by atoms with E-state index in [0.29, 0.717) is 24.4 Å². The maximum atomic E-state index is 10.8. The predicted octanol–water partition coefficient (Wildman–Crippen LogP) is 2.91. The lowest BCUT2D eigenvalue weighted by atomic mass is 10.2. The molecule has 2 rings (SSSR count). The highest BCUT2D eigenvalue weighted by Crippen LogP contribution is 2.51. The van der Waals surface area contributed by atoms with Crippen molar-refractivity contribution in [2.45, 2.75) is 6.42 Å². The molecule has 1 aliphatic heterocycles. The Hall–Kier alpha value is -0.950. The molecule has 7 heteroatoms. The Morgan fingerprint density at radius 3 is 2.59 bits per heavy atom. The van der Waals surface area contributed by atoms with Crippen molar-refractivity contribution in [3.05, 3.63) is 28.8 Å². The molecule has 0 unspecified atom stereocenters. The van der Waals surface area contributed by atoms with Crippen LogP contribution in [0.4, 0.5) is 5.69 Å². The van der Waals surface area contributed by atoms with Gasteiger partial charge in [-0.15, -0.1) is 10.8 Å². The van der Waals surface area contributed by atoms with E-state index < -0.39 is 16.7 Å². The van der Waals surface area contributed by atoms with Crippen LogP contribution < -0.4 is 4.31 Å². The maximum Gasteiger partial charge on any atom is 0.337 e. The van der Waals surface area contributed by atoms with Gasteiger partial charge in [0.15, 0.2) is 0 Å². The van der Waals surface area contributed by atoms with Crippen molar-refractivity contribution in [2.24, 2.45) is 0 Å². The fourth-order valence-electron chi connectivity index (χ4n) is 1.79. The molecule has 3 N–H and O–H groups in total. The normalized spacial score (nSPS) is 20.3. The van der Waals surface area contributed by atoms with Gasteiger partial charge in [0.2, 0.25) is 0 Å². The summed E-state index contributed by atoms with van der Waals surface area (Å²) in [6.07, 6.45) is 0.695. The molecule has 94 valence electrons. The molecule has 0 amide bonds. The van der Waals surface area contributed by atoms with Crippen LogP contribution in [0.25, 0.3) is 0 Å². The van der Waals surface area contributed by atoms with Crippen LogP contribution in [0.2, 0.25) is 5.02 Å². The number of anilines is 1. The molecule has 5 nitrogen and oxygen atoms in total. The lowest BCUT2D eigenvalue weighted by Crippen LogP contribution is -2.21. The summed E-state index contributed by atoms with van der Waals surface area (Å²) >= 11 is 5.83. The van der Waals surface area contributed by atoms with Gasteiger partial charge in [0, 0.05) is 6.54 Å². The van der Waals surface area contributed by atoms with Crippen molar-refractivity contribution >= 4 is 34.0 Å². The molecule has 0 saturated carbocycles. The topological polar surface area (TPSA) is 81.0 Å². The summed E-state index contributed by atoms with van der Waals surface area (Å²) in [5, 5.41) is 8.93. The number of hydrogen-bond donors (Lipinski definition) is 3. The molecule has 1 aliphatic rings. The summed E-state index contributed by atoms with van der Waals surface area (Å²) in [4.78, 5) is 10.8. The summed E-state index contributed by atoms with van der Waals surface area (Å²) < 4.78 is 21.0. The number of hydrogen-bond acceptors (Lipinski definition) is 4. The Labute approximate surface area is 105 Å². The number of carboxylic acids is 1. The predicted molar refractivity (Wildman–Crippen MR) is 68.1 cm³/mol. The second-order valence-electron chi connectivity index (χ2n) is 3.76. The minimum atomic E-state index is -2.76. The van der Waals surface area contributed by atoms with Gasteiger partial charge in [-0.05, 0) is 24.6 Å². The van der Waals surface area contributed by atoms with Gasteiger partial charge in [-0.3, -0.25) is 13.4 Å². The summed E-state index contributed by atoms with van der Waals surface area (Å²) in [6.45, 7) is 0.533. The first-order chi connectivity index (χ1) is 7.92. The first-order valence-electron chi connectivity index (χ1n) is 4.98. The number of aromatic carboxylic acids is 1. The van der Waals surface area contributed by atoms with E-state index in [4.69, 9.17) is 16.7 Å². The smallest absolute Gasteiger partial charge is 0.337 e. The summed E-state index contributed by atoms with van der Waals surface area (Å²) in [6, 6.07) is 4.35. The molecule has 0 bridgehead atoms. The van der Waals surface area contributed by atoms with Crippen LogP contribution >= 0.6 is 22.4 Å². The van der Waals surface area contributed by atoms with E-state index >= 15 is 0 Å². The summed E-state index contributed by atoms with van der Waals surface area (Å²) in [5.41, 5.74) is 0.545.